The van der Waals surface area contributed by atoms with Crippen LogP contribution >= 0.6 is 0 Å². The van der Waals surface area contributed by atoms with Gasteiger partial charge in [-0.25, -0.2) is 4.39 Å². The summed E-state index contributed by atoms with van der Waals surface area (Å²) >= 11 is 0. The second-order valence-electron chi connectivity index (χ2n) is 4.69. The molecule has 4 nitrogen and oxygen atoms in total. The van der Waals surface area contributed by atoms with Crippen molar-refractivity contribution in [1.82, 2.24) is 4.90 Å². The first-order valence-electron chi connectivity index (χ1n) is 5.96. The first-order chi connectivity index (χ1) is 8.49. The maximum absolute atomic E-state index is 13.4. The van der Waals surface area contributed by atoms with Gasteiger partial charge in [0.2, 0.25) is 0 Å². The molecular weight excluding hydrogens is 235 g/mol. The molecular formula is C13H17FN2O2. The Hall–Kier alpha value is -1.62. The zero-order chi connectivity index (χ0) is 13.3. The van der Waals surface area contributed by atoms with Gasteiger partial charge in [-0.3, -0.25) is 4.79 Å². The van der Waals surface area contributed by atoms with Gasteiger partial charge in [0, 0.05) is 12.1 Å². The molecule has 2 N–H and O–H groups in total. The number of anilines is 1. The summed E-state index contributed by atoms with van der Waals surface area (Å²) in [5.74, 6) is -0.744. The lowest BCUT2D eigenvalue weighted by Gasteiger charge is -2.36. The standard InChI is InChI=1S/C13H17FN2O2/c1-8-7-18-9(2)6-16(8)13(17)10-3-4-12(15)11(14)5-10/h3-5,8-9H,6-7,15H2,1-2H3. The van der Waals surface area contributed by atoms with Crippen molar-refractivity contribution in [1.29, 1.82) is 0 Å². The molecule has 1 fully saturated rings. The summed E-state index contributed by atoms with van der Waals surface area (Å²) in [4.78, 5) is 14.0. The molecule has 2 rings (SSSR count). The lowest BCUT2D eigenvalue weighted by molar-refractivity contribution is -0.0387. The van der Waals surface area contributed by atoms with Gasteiger partial charge >= 0.3 is 0 Å². The highest BCUT2D eigenvalue weighted by molar-refractivity contribution is 5.94. The second-order valence-corrected chi connectivity index (χ2v) is 4.69. The highest BCUT2D eigenvalue weighted by Gasteiger charge is 2.28. The van der Waals surface area contributed by atoms with Crippen LogP contribution < -0.4 is 5.73 Å². The van der Waals surface area contributed by atoms with Gasteiger partial charge in [0.25, 0.3) is 5.91 Å². The van der Waals surface area contributed by atoms with E-state index < -0.39 is 5.82 Å². The van der Waals surface area contributed by atoms with Gasteiger partial charge in [-0.05, 0) is 32.0 Å². The first-order valence-corrected chi connectivity index (χ1v) is 5.96. The molecule has 2 unspecified atom stereocenters. The van der Waals surface area contributed by atoms with Crippen LogP contribution in [0.3, 0.4) is 0 Å². The molecule has 0 aromatic heterocycles. The van der Waals surface area contributed by atoms with Crippen molar-refractivity contribution in [2.24, 2.45) is 0 Å². The molecule has 1 aromatic carbocycles. The fourth-order valence-electron chi connectivity index (χ4n) is 2.01. The van der Waals surface area contributed by atoms with E-state index in [0.29, 0.717) is 18.7 Å². The number of nitrogen functional groups attached to an aromatic ring is 1. The number of benzene rings is 1. The Morgan fingerprint density at radius 2 is 2.22 bits per heavy atom. The molecule has 0 radical (unpaired) electrons. The van der Waals surface area contributed by atoms with E-state index in [-0.39, 0.29) is 23.7 Å². The SMILES string of the molecule is CC1CN(C(=O)c2ccc(N)c(F)c2)C(C)CO1. The van der Waals surface area contributed by atoms with Gasteiger partial charge in [0.05, 0.1) is 24.4 Å². The van der Waals surface area contributed by atoms with Gasteiger partial charge in [0.1, 0.15) is 5.82 Å². The Bertz CT molecular complexity index is 464. The van der Waals surface area contributed by atoms with Gasteiger partial charge < -0.3 is 15.4 Å². The number of amides is 1. The van der Waals surface area contributed by atoms with E-state index in [9.17, 15) is 9.18 Å². The monoisotopic (exact) mass is 252 g/mol. The molecule has 2 atom stereocenters. The average Bonchev–Trinajstić information content (AvgIpc) is 2.35. The maximum atomic E-state index is 13.4. The highest BCUT2D eigenvalue weighted by atomic mass is 19.1. The van der Waals surface area contributed by atoms with E-state index in [1.807, 2.05) is 13.8 Å². The zero-order valence-electron chi connectivity index (χ0n) is 10.5. The van der Waals surface area contributed by atoms with Crippen molar-refractivity contribution in [3.05, 3.63) is 29.6 Å². The third kappa shape index (κ3) is 2.46. The predicted octanol–water partition coefficient (Wildman–Crippen LogP) is 1.66. The Kier molecular flexibility index (Phi) is 3.52. The van der Waals surface area contributed by atoms with Crippen molar-refractivity contribution >= 4 is 11.6 Å². The summed E-state index contributed by atoms with van der Waals surface area (Å²) in [6.45, 7) is 4.85. The van der Waals surface area contributed by atoms with Crippen molar-refractivity contribution < 1.29 is 13.9 Å². The normalized spacial score (nSPS) is 24.1. The van der Waals surface area contributed by atoms with Crippen LogP contribution in [0.4, 0.5) is 10.1 Å². The van der Waals surface area contributed by atoms with Crippen LogP contribution in [0.1, 0.15) is 24.2 Å². The number of carbonyl (C=O) groups excluding carboxylic acids is 1. The largest absolute Gasteiger partial charge is 0.396 e. The van der Waals surface area contributed by atoms with Crippen LogP contribution in [-0.4, -0.2) is 36.1 Å². The minimum atomic E-state index is -0.560. The lowest BCUT2D eigenvalue weighted by atomic mass is 10.1. The Morgan fingerprint density at radius 3 is 2.89 bits per heavy atom. The number of rotatable bonds is 1. The number of hydrogen-bond acceptors (Lipinski definition) is 3. The van der Waals surface area contributed by atoms with Crippen molar-refractivity contribution in [3.8, 4) is 0 Å². The van der Waals surface area contributed by atoms with Crippen LogP contribution in [-0.2, 0) is 4.74 Å². The Labute approximate surface area is 106 Å². The summed E-state index contributed by atoms with van der Waals surface area (Å²) in [6.07, 6.45) is 0.00350. The average molecular weight is 252 g/mol. The third-order valence-corrected chi connectivity index (χ3v) is 3.12. The van der Waals surface area contributed by atoms with E-state index in [0.717, 1.165) is 0 Å². The first kappa shape index (κ1) is 12.8. The summed E-state index contributed by atoms with van der Waals surface area (Å²) in [5.41, 5.74) is 5.77. The van der Waals surface area contributed by atoms with Gasteiger partial charge in [-0.2, -0.15) is 0 Å². The molecule has 0 saturated carbocycles. The van der Waals surface area contributed by atoms with E-state index in [1.165, 1.54) is 12.1 Å². The number of halogens is 1. The molecule has 98 valence electrons. The number of hydrogen-bond donors (Lipinski definition) is 1. The predicted molar refractivity (Wildman–Crippen MR) is 66.7 cm³/mol. The number of carbonyl (C=O) groups is 1. The van der Waals surface area contributed by atoms with E-state index in [4.69, 9.17) is 10.5 Å². The topological polar surface area (TPSA) is 55.6 Å². The van der Waals surface area contributed by atoms with Crippen molar-refractivity contribution in [3.63, 3.8) is 0 Å². The highest BCUT2D eigenvalue weighted by Crippen LogP contribution is 2.18. The summed E-state index contributed by atoms with van der Waals surface area (Å²) in [7, 11) is 0. The molecule has 0 spiro atoms. The summed E-state index contributed by atoms with van der Waals surface area (Å²) < 4.78 is 18.8. The van der Waals surface area contributed by atoms with Crippen molar-refractivity contribution in [2.45, 2.75) is 26.0 Å². The lowest BCUT2D eigenvalue weighted by Crippen LogP contribution is -2.50. The van der Waals surface area contributed by atoms with Crippen LogP contribution in [0.15, 0.2) is 18.2 Å². The quantitative estimate of drug-likeness (QED) is 0.773. The Morgan fingerprint density at radius 1 is 1.50 bits per heavy atom. The fourth-order valence-corrected chi connectivity index (χ4v) is 2.01. The number of nitrogens with zero attached hydrogens (tertiary/aromatic N) is 1. The minimum absolute atomic E-state index is 0.00350. The van der Waals surface area contributed by atoms with E-state index >= 15 is 0 Å². The minimum Gasteiger partial charge on any atom is -0.396 e. The molecule has 1 aliphatic rings. The molecule has 1 aliphatic heterocycles. The van der Waals surface area contributed by atoms with Gasteiger partial charge in [-0.15, -0.1) is 0 Å². The Balaban J connectivity index is 2.21. The number of morpholine rings is 1. The summed E-state index contributed by atoms with van der Waals surface area (Å²) in [5, 5.41) is 0. The maximum Gasteiger partial charge on any atom is 0.254 e. The smallest absolute Gasteiger partial charge is 0.254 e. The molecule has 1 aromatic rings. The van der Waals surface area contributed by atoms with E-state index in [2.05, 4.69) is 0 Å². The molecule has 1 amide bonds. The zero-order valence-corrected chi connectivity index (χ0v) is 10.5. The number of ether oxygens (including phenoxy) is 1. The number of nitrogens with two attached hydrogens (primary N) is 1. The molecule has 0 aliphatic carbocycles. The molecule has 1 saturated heterocycles. The van der Waals surface area contributed by atoms with Crippen LogP contribution in [0, 0.1) is 5.82 Å². The van der Waals surface area contributed by atoms with Gasteiger partial charge in [0.15, 0.2) is 0 Å². The second kappa shape index (κ2) is 4.94. The fraction of sp³-hybridized carbons (Fsp3) is 0.462. The van der Waals surface area contributed by atoms with Crippen LogP contribution in [0.5, 0.6) is 0 Å². The van der Waals surface area contributed by atoms with Gasteiger partial charge in [-0.1, -0.05) is 0 Å². The molecule has 5 heteroatoms. The van der Waals surface area contributed by atoms with Crippen molar-refractivity contribution in [2.75, 3.05) is 18.9 Å². The third-order valence-electron chi connectivity index (χ3n) is 3.12. The summed E-state index contributed by atoms with van der Waals surface area (Å²) in [6, 6.07) is 4.14. The van der Waals surface area contributed by atoms with Crippen LogP contribution in [0.25, 0.3) is 0 Å². The van der Waals surface area contributed by atoms with E-state index in [1.54, 1.807) is 11.0 Å². The molecule has 1 heterocycles. The molecule has 18 heavy (non-hydrogen) atoms. The van der Waals surface area contributed by atoms with Crippen LogP contribution in [0.2, 0.25) is 0 Å². The molecule has 0 bridgehead atoms.